The molecule has 0 bridgehead atoms. The van der Waals surface area contributed by atoms with E-state index in [-0.39, 0.29) is 11.5 Å². The Morgan fingerprint density at radius 2 is 2.04 bits per heavy atom. The van der Waals surface area contributed by atoms with Crippen molar-refractivity contribution in [3.63, 3.8) is 0 Å². The molecular formula is C23H36O2. The van der Waals surface area contributed by atoms with E-state index in [1.165, 1.54) is 50.5 Å². The van der Waals surface area contributed by atoms with Gasteiger partial charge in [0.05, 0.1) is 6.10 Å². The molecule has 7 atom stereocenters. The third-order valence-corrected chi connectivity index (χ3v) is 9.19. The SMILES string of the molecule is CCC12CCC3[C@@H](CC=C4CC(=O)CCC[C@@]43C)C1CC[C@@H]2C(C)O. The first kappa shape index (κ1) is 17.8. The standard InChI is InChI=1S/C23H36O2/c1-4-23-13-11-20-18(21(23)10-9-19(23)15(2)24)8-7-16-14-17(25)6-5-12-22(16,20)3/h7,15,18-21,24H,4-6,8-14H2,1-3H3/t15?,18-,19-,20?,21?,22+,23?/m1/s1. The van der Waals surface area contributed by atoms with Crippen LogP contribution in [0.4, 0.5) is 0 Å². The number of hydrogen-bond acceptors (Lipinski definition) is 2. The van der Waals surface area contributed by atoms with Crippen LogP contribution >= 0.6 is 0 Å². The summed E-state index contributed by atoms with van der Waals surface area (Å²) in [6.07, 6.45) is 13.6. The third kappa shape index (κ3) is 2.50. The van der Waals surface area contributed by atoms with Crippen LogP contribution < -0.4 is 0 Å². The molecule has 0 heterocycles. The second kappa shape index (κ2) is 6.22. The van der Waals surface area contributed by atoms with Crippen LogP contribution in [0.5, 0.6) is 0 Å². The van der Waals surface area contributed by atoms with E-state index in [4.69, 9.17) is 0 Å². The van der Waals surface area contributed by atoms with Gasteiger partial charge in [-0.2, -0.15) is 0 Å². The number of rotatable bonds is 2. The van der Waals surface area contributed by atoms with Gasteiger partial charge in [0, 0.05) is 12.8 Å². The Morgan fingerprint density at radius 3 is 2.76 bits per heavy atom. The van der Waals surface area contributed by atoms with E-state index >= 15 is 0 Å². The van der Waals surface area contributed by atoms with E-state index in [0.717, 1.165) is 37.0 Å². The quantitative estimate of drug-likeness (QED) is 0.691. The second-order valence-electron chi connectivity index (χ2n) is 9.88. The largest absolute Gasteiger partial charge is 0.393 e. The maximum absolute atomic E-state index is 12.2. The molecule has 0 amide bonds. The van der Waals surface area contributed by atoms with Gasteiger partial charge in [-0.1, -0.05) is 25.5 Å². The van der Waals surface area contributed by atoms with E-state index in [9.17, 15) is 9.90 Å². The van der Waals surface area contributed by atoms with Crippen molar-refractivity contribution >= 4 is 5.78 Å². The van der Waals surface area contributed by atoms with Crippen LogP contribution in [0, 0.1) is 34.5 Å². The maximum Gasteiger partial charge on any atom is 0.136 e. The van der Waals surface area contributed by atoms with Gasteiger partial charge in [-0.25, -0.2) is 0 Å². The highest BCUT2D eigenvalue weighted by molar-refractivity contribution is 5.81. The Hall–Kier alpha value is -0.630. The highest BCUT2D eigenvalue weighted by Gasteiger charge is 2.59. The number of Topliss-reactive ketones (excluding diaryl/α,β-unsaturated/α-hetero) is 1. The lowest BCUT2D eigenvalue weighted by Gasteiger charge is -2.57. The van der Waals surface area contributed by atoms with Gasteiger partial charge in [0.1, 0.15) is 5.78 Å². The first-order valence-electron chi connectivity index (χ1n) is 10.8. The van der Waals surface area contributed by atoms with Crippen LogP contribution in [-0.2, 0) is 4.79 Å². The molecule has 2 nitrogen and oxygen atoms in total. The number of aliphatic hydroxyl groups excluding tert-OH is 1. The minimum Gasteiger partial charge on any atom is -0.393 e. The zero-order chi connectivity index (χ0) is 17.8. The first-order valence-corrected chi connectivity index (χ1v) is 10.8. The van der Waals surface area contributed by atoms with E-state index in [1.54, 1.807) is 0 Å². The smallest absolute Gasteiger partial charge is 0.136 e. The second-order valence-corrected chi connectivity index (χ2v) is 9.88. The fraction of sp³-hybridized carbons (Fsp3) is 0.870. The highest BCUT2D eigenvalue weighted by Crippen LogP contribution is 2.67. The van der Waals surface area contributed by atoms with Crippen molar-refractivity contribution in [2.24, 2.45) is 34.5 Å². The van der Waals surface area contributed by atoms with E-state index in [0.29, 0.717) is 17.1 Å². The predicted octanol–water partition coefficient (Wildman–Crippen LogP) is 5.30. The lowest BCUT2D eigenvalue weighted by molar-refractivity contribution is -0.118. The molecule has 3 saturated carbocycles. The van der Waals surface area contributed by atoms with Gasteiger partial charge < -0.3 is 5.11 Å². The zero-order valence-corrected chi connectivity index (χ0v) is 16.4. The summed E-state index contributed by atoms with van der Waals surface area (Å²) in [7, 11) is 0. The molecule has 0 saturated heterocycles. The van der Waals surface area contributed by atoms with Gasteiger partial charge in [0.15, 0.2) is 0 Å². The van der Waals surface area contributed by atoms with Crippen molar-refractivity contribution in [1.82, 2.24) is 0 Å². The monoisotopic (exact) mass is 344 g/mol. The lowest BCUT2D eigenvalue weighted by Crippen LogP contribution is -2.50. The number of hydrogen-bond donors (Lipinski definition) is 1. The molecule has 0 aromatic carbocycles. The molecule has 4 rings (SSSR count). The van der Waals surface area contributed by atoms with Crippen LogP contribution in [0.2, 0.25) is 0 Å². The van der Waals surface area contributed by atoms with Crippen LogP contribution in [0.3, 0.4) is 0 Å². The van der Waals surface area contributed by atoms with Gasteiger partial charge in [-0.3, -0.25) is 4.79 Å². The number of ketones is 1. The Balaban J connectivity index is 1.68. The summed E-state index contributed by atoms with van der Waals surface area (Å²) in [6.45, 7) is 6.87. The molecule has 0 aromatic heterocycles. The summed E-state index contributed by atoms with van der Waals surface area (Å²) in [4.78, 5) is 12.2. The zero-order valence-electron chi connectivity index (χ0n) is 16.4. The normalized spacial score (nSPS) is 48.0. The van der Waals surface area contributed by atoms with E-state index < -0.39 is 0 Å². The molecule has 0 aliphatic heterocycles. The summed E-state index contributed by atoms with van der Waals surface area (Å²) < 4.78 is 0. The Bertz CT molecular complexity index is 577. The molecule has 2 heteroatoms. The minimum atomic E-state index is -0.165. The van der Waals surface area contributed by atoms with Crippen LogP contribution in [0.25, 0.3) is 0 Å². The molecule has 3 fully saturated rings. The predicted molar refractivity (Wildman–Crippen MR) is 101 cm³/mol. The van der Waals surface area contributed by atoms with Gasteiger partial charge >= 0.3 is 0 Å². The molecular weight excluding hydrogens is 308 g/mol. The fourth-order valence-electron chi connectivity index (χ4n) is 8.00. The molecule has 4 unspecified atom stereocenters. The molecule has 25 heavy (non-hydrogen) atoms. The Morgan fingerprint density at radius 1 is 1.24 bits per heavy atom. The summed E-state index contributed by atoms with van der Waals surface area (Å²) in [5, 5.41) is 10.4. The molecule has 0 radical (unpaired) electrons. The van der Waals surface area contributed by atoms with Crippen molar-refractivity contribution < 1.29 is 9.90 Å². The number of carbonyl (C=O) groups excluding carboxylic acids is 1. The molecule has 0 spiro atoms. The lowest BCUT2D eigenvalue weighted by atomic mass is 9.47. The van der Waals surface area contributed by atoms with Crippen molar-refractivity contribution in [3.8, 4) is 0 Å². The molecule has 4 aliphatic rings. The average molecular weight is 345 g/mol. The van der Waals surface area contributed by atoms with Crippen LogP contribution in [0.1, 0.15) is 85.0 Å². The summed E-state index contributed by atoms with van der Waals surface area (Å²) in [5.74, 6) is 3.28. The van der Waals surface area contributed by atoms with Crippen molar-refractivity contribution in [3.05, 3.63) is 11.6 Å². The number of carbonyl (C=O) groups is 1. The van der Waals surface area contributed by atoms with Gasteiger partial charge in [-0.15, -0.1) is 0 Å². The van der Waals surface area contributed by atoms with Crippen molar-refractivity contribution in [2.75, 3.05) is 0 Å². The average Bonchev–Trinajstić information content (AvgIpc) is 2.90. The number of allylic oxidation sites excluding steroid dienone is 2. The summed E-state index contributed by atoms with van der Waals surface area (Å²) >= 11 is 0. The van der Waals surface area contributed by atoms with Crippen LogP contribution in [-0.4, -0.2) is 17.0 Å². The van der Waals surface area contributed by atoms with Gasteiger partial charge in [0.2, 0.25) is 0 Å². The molecule has 1 N–H and O–H groups in total. The topological polar surface area (TPSA) is 37.3 Å². The van der Waals surface area contributed by atoms with Gasteiger partial charge in [0.25, 0.3) is 0 Å². The molecule has 140 valence electrons. The Labute approximate surface area is 153 Å². The fourth-order valence-corrected chi connectivity index (χ4v) is 8.00. The van der Waals surface area contributed by atoms with Crippen molar-refractivity contribution in [2.45, 2.75) is 91.1 Å². The van der Waals surface area contributed by atoms with Gasteiger partial charge in [-0.05, 0) is 92.8 Å². The molecule has 4 aliphatic carbocycles. The summed E-state index contributed by atoms with van der Waals surface area (Å²) in [6, 6.07) is 0. The number of fused-ring (bicyclic) bond motifs is 5. The Kier molecular flexibility index (Phi) is 4.42. The minimum absolute atomic E-state index is 0.165. The maximum atomic E-state index is 12.2. The van der Waals surface area contributed by atoms with Crippen molar-refractivity contribution in [1.29, 1.82) is 0 Å². The van der Waals surface area contributed by atoms with E-state index in [1.807, 2.05) is 6.92 Å². The third-order valence-electron chi connectivity index (χ3n) is 9.19. The van der Waals surface area contributed by atoms with Crippen LogP contribution in [0.15, 0.2) is 11.6 Å². The summed E-state index contributed by atoms with van der Waals surface area (Å²) in [5.41, 5.74) is 2.11. The number of aliphatic hydroxyl groups is 1. The highest BCUT2D eigenvalue weighted by atomic mass is 16.3. The molecule has 0 aromatic rings. The first-order chi connectivity index (χ1) is 11.9. The van der Waals surface area contributed by atoms with E-state index in [2.05, 4.69) is 19.9 Å².